The summed E-state index contributed by atoms with van der Waals surface area (Å²) in [5, 5.41) is 4.71. The molecule has 1 fully saturated rings. The summed E-state index contributed by atoms with van der Waals surface area (Å²) in [5.74, 6) is 1.29. The van der Waals surface area contributed by atoms with Crippen LogP contribution in [0.1, 0.15) is 54.1 Å². The minimum atomic E-state index is 0.547. The molecule has 2 rings (SSSR count). The van der Waals surface area contributed by atoms with Gasteiger partial charge in [-0.05, 0) is 12.8 Å². The predicted octanol–water partition coefficient (Wildman–Crippen LogP) is 2.88. The third-order valence-corrected chi connectivity index (χ3v) is 4.34. The fourth-order valence-electron chi connectivity index (χ4n) is 1.81. The lowest BCUT2D eigenvalue weighted by Gasteiger charge is -2.03. The topological polar surface area (TPSA) is 34.1 Å². The summed E-state index contributed by atoms with van der Waals surface area (Å²) in [6.07, 6.45) is 2.65. The lowest BCUT2D eigenvalue weighted by molar-refractivity contribution is 0.199. The normalized spacial score (nSPS) is 15.8. The van der Waals surface area contributed by atoms with Crippen LogP contribution in [0, 0.1) is 0 Å². The largest absolute Gasteiger partial charge is 0.383 e. The summed E-state index contributed by atoms with van der Waals surface area (Å²) < 4.78 is 5.04. The van der Waals surface area contributed by atoms with Crippen molar-refractivity contribution in [2.75, 3.05) is 20.3 Å². The summed E-state index contributed by atoms with van der Waals surface area (Å²) in [7, 11) is 1.74. The molecular formula is C13H22N2OS. The quantitative estimate of drug-likeness (QED) is 0.760. The number of thiazole rings is 1. The fraction of sp³-hybridized carbons (Fsp3) is 0.769. The Morgan fingerprint density at radius 3 is 2.82 bits per heavy atom. The lowest BCUT2D eigenvalue weighted by atomic mass is 10.2. The van der Waals surface area contributed by atoms with E-state index in [0.29, 0.717) is 5.92 Å². The Hall–Kier alpha value is -0.450. The first-order valence-corrected chi connectivity index (χ1v) is 7.23. The van der Waals surface area contributed by atoms with E-state index in [0.717, 1.165) is 25.6 Å². The molecule has 17 heavy (non-hydrogen) atoms. The summed E-state index contributed by atoms with van der Waals surface area (Å²) >= 11 is 1.88. The van der Waals surface area contributed by atoms with Gasteiger partial charge in [-0.25, -0.2) is 4.98 Å². The second kappa shape index (κ2) is 5.94. The van der Waals surface area contributed by atoms with Gasteiger partial charge in [-0.1, -0.05) is 13.8 Å². The van der Waals surface area contributed by atoms with Crippen molar-refractivity contribution in [3.63, 3.8) is 0 Å². The van der Waals surface area contributed by atoms with E-state index in [1.165, 1.54) is 28.4 Å². The van der Waals surface area contributed by atoms with Crippen LogP contribution in [0.5, 0.6) is 0 Å². The maximum absolute atomic E-state index is 5.04. The molecule has 1 N–H and O–H groups in total. The molecule has 0 amide bonds. The van der Waals surface area contributed by atoms with Gasteiger partial charge in [0.15, 0.2) is 0 Å². The number of ether oxygens (including phenoxy) is 1. The Balaban J connectivity index is 1.98. The van der Waals surface area contributed by atoms with Crippen LogP contribution in [0.4, 0.5) is 0 Å². The third-order valence-electron chi connectivity index (χ3n) is 2.97. The Morgan fingerprint density at radius 2 is 2.24 bits per heavy atom. The average Bonchev–Trinajstić information content (AvgIpc) is 3.05. The molecule has 1 aliphatic carbocycles. The number of nitrogens with one attached hydrogen (secondary N) is 1. The highest BCUT2D eigenvalue weighted by molar-refractivity contribution is 7.11. The molecular weight excluding hydrogens is 232 g/mol. The second-order valence-corrected chi connectivity index (χ2v) is 6.07. The van der Waals surface area contributed by atoms with Crippen LogP contribution in [0.25, 0.3) is 0 Å². The summed E-state index contributed by atoms with van der Waals surface area (Å²) in [6, 6.07) is 0. The van der Waals surface area contributed by atoms with Gasteiger partial charge in [-0.15, -0.1) is 11.3 Å². The van der Waals surface area contributed by atoms with Crippen molar-refractivity contribution >= 4 is 11.3 Å². The average molecular weight is 254 g/mol. The molecule has 0 aliphatic heterocycles. The Labute approximate surface area is 108 Å². The van der Waals surface area contributed by atoms with E-state index in [9.17, 15) is 0 Å². The van der Waals surface area contributed by atoms with Crippen molar-refractivity contribution in [2.45, 2.75) is 45.1 Å². The van der Waals surface area contributed by atoms with Gasteiger partial charge in [0.05, 0.1) is 17.3 Å². The van der Waals surface area contributed by atoms with Crippen LogP contribution >= 0.6 is 11.3 Å². The fourth-order valence-corrected chi connectivity index (χ4v) is 2.93. The van der Waals surface area contributed by atoms with Crippen LogP contribution in [-0.4, -0.2) is 25.2 Å². The second-order valence-electron chi connectivity index (χ2n) is 4.96. The van der Waals surface area contributed by atoms with Crippen LogP contribution in [0.2, 0.25) is 0 Å². The van der Waals surface area contributed by atoms with Gasteiger partial charge in [0, 0.05) is 36.9 Å². The van der Waals surface area contributed by atoms with Crippen molar-refractivity contribution in [1.82, 2.24) is 10.3 Å². The van der Waals surface area contributed by atoms with E-state index in [4.69, 9.17) is 9.72 Å². The molecule has 0 saturated heterocycles. The molecule has 4 heteroatoms. The van der Waals surface area contributed by atoms with Crippen molar-refractivity contribution in [3.05, 3.63) is 15.6 Å². The number of hydrogen-bond donors (Lipinski definition) is 1. The molecule has 1 aromatic rings. The van der Waals surface area contributed by atoms with Crippen molar-refractivity contribution in [2.24, 2.45) is 0 Å². The Kier molecular flexibility index (Phi) is 4.54. The monoisotopic (exact) mass is 254 g/mol. The highest BCUT2D eigenvalue weighted by Gasteiger charge is 2.29. The lowest BCUT2D eigenvalue weighted by Crippen LogP contribution is -2.18. The molecule has 96 valence electrons. The van der Waals surface area contributed by atoms with Gasteiger partial charge in [0.2, 0.25) is 0 Å². The molecule has 0 aromatic carbocycles. The molecule has 0 bridgehead atoms. The first kappa shape index (κ1) is 13.0. The van der Waals surface area contributed by atoms with E-state index >= 15 is 0 Å². The maximum atomic E-state index is 5.04. The highest BCUT2D eigenvalue weighted by Crippen LogP contribution is 2.43. The number of methoxy groups -OCH3 is 1. The number of nitrogens with zero attached hydrogens (tertiary/aromatic N) is 1. The first-order valence-electron chi connectivity index (χ1n) is 6.41. The van der Waals surface area contributed by atoms with Crippen molar-refractivity contribution in [1.29, 1.82) is 0 Å². The van der Waals surface area contributed by atoms with E-state index in [1.807, 2.05) is 11.3 Å². The summed E-state index contributed by atoms with van der Waals surface area (Å²) in [5.41, 5.74) is 1.36. The number of rotatable bonds is 7. The van der Waals surface area contributed by atoms with Crippen LogP contribution < -0.4 is 5.32 Å². The van der Waals surface area contributed by atoms with Crippen LogP contribution in [0.15, 0.2) is 0 Å². The molecule has 1 aliphatic rings. The minimum Gasteiger partial charge on any atom is -0.383 e. The standard InChI is InChI=1S/C13H22N2OS/c1-9(2)13-15-12(10-4-5-10)11(17-13)8-14-6-7-16-3/h9-10,14H,4-8H2,1-3H3. The summed E-state index contributed by atoms with van der Waals surface area (Å²) in [6.45, 7) is 7.07. The zero-order valence-corrected chi connectivity index (χ0v) is 11.8. The molecule has 1 heterocycles. The number of hydrogen-bond acceptors (Lipinski definition) is 4. The van der Waals surface area contributed by atoms with Crippen molar-refractivity contribution < 1.29 is 4.74 Å². The van der Waals surface area contributed by atoms with Gasteiger partial charge >= 0.3 is 0 Å². The van der Waals surface area contributed by atoms with Gasteiger partial charge in [0.1, 0.15) is 0 Å². The predicted molar refractivity (Wildman–Crippen MR) is 71.8 cm³/mol. The Bertz CT molecular complexity index is 358. The van der Waals surface area contributed by atoms with Gasteiger partial charge in [0.25, 0.3) is 0 Å². The molecule has 0 spiro atoms. The maximum Gasteiger partial charge on any atom is 0.0957 e. The molecule has 0 atom stereocenters. The van der Waals surface area contributed by atoms with E-state index in [2.05, 4.69) is 19.2 Å². The van der Waals surface area contributed by atoms with Crippen molar-refractivity contribution in [3.8, 4) is 0 Å². The first-order chi connectivity index (χ1) is 8.22. The smallest absolute Gasteiger partial charge is 0.0957 e. The molecule has 0 radical (unpaired) electrons. The third kappa shape index (κ3) is 3.50. The summed E-state index contributed by atoms with van der Waals surface area (Å²) in [4.78, 5) is 6.26. The van der Waals surface area contributed by atoms with Crippen LogP contribution in [0.3, 0.4) is 0 Å². The zero-order valence-electron chi connectivity index (χ0n) is 11.0. The van der Waals surface area contributed by atoms with Gasteiger partial charge in [-0.3, -0.25) is 0 Å². The minimum absolute atomic E-state index is 0.547. The van der Waals surface area contributed by atoms with E-state index < -0.39 is 0 Å². The molecule has 0 unspecified atom stereocenters. The molecule has 1 aromatic heterocycles. The molecule has 3 nitrogen and oxygen atoms in total. The Morgan fingerprint density at radius 1 is 1.47 bits per heavy atom. The molecule has 1 saturated carbocycles. The SMILES string of the molecule is COCCNCc1sc(C(C)C)nc1C1CC1. The van der Waals surface area contributed by atoms with E-state index in [1.54, 1.807) is 7.11 Å². The highest BCUT2D eigenvalue weighted by atomic mass is 32.1. The zero-order chi connectivity index (χ0) is 12.3. The number of aromatic nitrogens is 1. The van der Waals surface area contributed by atoms with Gasteiger partial charge in [-0.2, -0.15) is 0 Å². The van der Waals surface area contributed by atoms with Gasteiger partial charge < -0.3 is 10.1 Å². The van der Waals surface area contributed by atoms with E-state index in [-0.39, 0.29) is 0 Å². The van der Waals surface area contributed by atoms with Crippen LogP contribution in [-0.2, 0) is 11.3 Å².